The third kappa shape index (κ3) is 5.81. The van der Waals surface area contributed by atoms with Gasteiger partial charge in [0.05, 0.1) is 17.6 Å². The molecule has 1 N–H and O–H groups in total. The van der Waals surface area contributed by atoms with Crippen molar-refractivity contribution < 1.29 is 22.0 Å². The number of pyridine rings is 1. The molecule has 1 amide bonds. The Morgan fingerprint density at radius 1 is 0.921 bits per heavy atom. The van der Waals surface area contributed by atoms with Gasteiger partial charge in [-0.2, -0.15) is 0 Å². The van der Waals surface area contributed by atoms with Gasteiger partial charge in [-0.3, -0.25) is 19.4 Å². The molecule has 0 radical (unpaired) electrons. The van der Waals surface area contributed by atoms with Crippen LogP contribution in [0.4, 0.5) is 14.5 Å². The molecule has 4 aromatic rings. The van der Waals surface area contributed by atoms with Crippen molar-refractivity contribution in [3.63, 3.8) is 0 Å². The minimum Gasteiger partial charge on any atom is -0.340 e. The highest BCUT2D eigenvalue weighted by Gasteiger charge is 2.23. The predicted octanol–water partition coefficient (Wildman–Crippen LogP) is 4.20. The molecule has 0 bridgehead atoms. The fourth-order valence-corrected chi connectivity index (χ4v) is 5.77. The zero-order chi connectivity index (χ0) is 26.7. The molecular weight excluding hydrogens is 510 g/mol. The minimum absolute atomic E-state index is 0.00571. The Kier molecular flexibility index (Phi) is 7.35. The second-order valence-corrected chi connectivity index (χ2v) is 10.9. The number of carbonyl (C=O) groups excluding carboxylic acids is 1. The molecule has 2 heterocycles. The van der Waals surface area contributed by atoms with Crippen LogP contribution in [0.2, 0.25) is 0 Å². The van der Waals surface area contributed by atoms with Crippen LogP contribution in [0.25, 0.3) is 10.9 Å². The monoisotopic (exact) mass is 536 g/mol. The maximum absolute atomic E-state index is 14.9. The molecule has 1 aliphatic rings. The van der Waals surface area contributed by atoms with Crippen molar-refractivity contribution in [3.8, 4) is 0 Å². The number of sulfonamides is 1. The summed E-state index contributed by atoms with van der Waals surface area (Å²) in [7, 11) is -4.02. The van der Waals surface area contributed by atoms with E-state index in [-0.39, 0.29) is 34.3 Å². The summed E-state index contributed by atoms with van der Waals surface area (Å²) in [5, 5.41) is 0.673. The van der Waals surface area contributed by atoms with E-state index < -0.39 is 15.8 Å². The molecular formula is C28H26F2N4O3S. The summed E-state index contributed by atoms with van der Waals surface area (Å²) in [5.74, 6) is -1.13. The number of hydrogen-bond acceptors (Lipinski definition) is 5. The number of nitrogens with one attached hydrogen (secondary N) is 1. The molecule has 7 nitrogen and oxygen atoms in total. The lowest BCUT2D eigenvalue weighted by atomic mass is 10.1. The molecule has 3 aromatic carbocycles. The molecule has 0 unspecified atom stereocenters. The number of rotatable bonds is 7. The van der Waals surface area contributed by atoms with Gasteiger partial charge in [0.1, 0.15) is 16.5 Å². The first-order valence-corrected chi connectivity index (χ1v) is 13.7. The lowest BCUT2D eigenvalue weighted by Crippen LogP contribution is -2.48. The molecule has 0 aliphatic carbocycles. The van der Waals surface area contributed by atoms with E-state index >= 15 is 0 Å². The Bertz CT molecular complexity index is 1570. The first-order valence-electron chi connectivity index (χ1n) is 12.2. The van der Waals surface area contributed by atoms with Crippen LogP contribution in [0.5, 0.6) is 0 Å². The van der Waals surface area contributed by atoms with Gasteiger partial charge in [-0.1, -0.05) is 36.4 Å². The van der Waals surface area contributed by atoms with Gasteiger partial charge in [0, 0.05) is 44.3 Å². The van der Waals surface area contributed by atoms with Gasteiger partial charge < -0.3 is 4.90 Å². The summed E-state index contributed by atoms with van der Waals surface area (Å²) in [6.07, 6.45) is 1.39. The molecule has 1 aromatic heterocycles. The van der Waals surface area contributed by atoms with Crippen molar-refractivity contribution in [2.45, 2.75) is 17.9 Å². The number of aromatic nitrogens is 1. The largest absolute Gasteiger partial charge is 0.340 e. The fourth-order valence-electron chi connectivity index (χ4n) is 4.54. The van der Waals surface area contributed by atoms with Gasteiger partial charge >= 0.3 is 0 Å². The Labute approximate surface area is 219 Å². The van der Waals surface area contributed by atoms with E-state index in [4.69, 9.17) is 0 Å². The van der Waals surface area contributed by atoms with Crippen LogP contribution in [-0.2, 0) is 27.8 Å². The molecule has 5 rings (SSSR count). The summed E-state index contributed by atoms with van der Waals surface area (Å²) >= 11 is 0. The number of halogens is 2. The smallest absolute Gasteiger partial charge is 0.264 e. The van der Waals surface area contributed by atoms with E-state index in [2.05, 4.69) is 14.6 Å². The molecule has 0 atom stereocenters. The second kappa shape index (κ2) is 10.8. The van der Waals surface area contributed by atoms with Crippen molar-refractivity contribution in [1.82, 2.24) is 14.8 Å². The number of piperazine rings is 1. The van der Waals surface area contributed by atoms with Crippen LogP contribution < -0.4 is 4.72 Å². The lowest BCUT2D eigenvalue weighted by Gasteiger charge is -2.35. The Morgan fingerprint density at radius 3 is 2.39 bits per heavy atom. The fraction of sp³-hybridized carbons (Fsp3) is 0.214. The number of nitrogens with zero attached hydrogens (tertiary/aromatic N) is 3. The normalized spacial score (nSPS) is 14.5. The predicted molar refractivity (Wildman–Crippen MR) is 141 cm³/mol. The van der Waals surface area contributed by atoms with Crippen molar-refractivity contribution >= 4 is 32.5 Å². The third-order valence-electron chi connectivity index (χ3n) is 6.58. The average Bonchev–Trinajstić information content (AvgIpc) is 2.91. The standard InChI is InChI=1S/C28H26F2N4O3S/c29-23-9-6-20(7-10-23)19-33-13-15-34(16-14-33)27(35)17-22-8-11-24(18-25(22)30)32-38(36,37)26-5-1-3-21-4-2-12-31-28(21)26/h1-12,18,32H,13-17,19H2. The SMILES string of the molecule is O=C(Cc1ccc(NS(=O)(=O)c2cccc3cccnc23)cc1F)N1CCN(Cc2ccc(F)cc2)CC1. The minimum atomic E-state index is -4.02. The van der Waals surface area contributed by atoms with Gasteiger partial charge in [-0.25, -0.2) is 17.2 Å². The van der Waals surface area contributed by atoms with Crippen molar-refractivity contribution in [2.75, 3.05) is 30.9 Å². The molecule has 0 spiro atoms. The van der Waals surface area contributed by atoms with E-state index in [9.17, 15) is 22.0 Å². The van der Waals surface area contributed by atoms with Crippen LogP contribution >= 0.6 is 0 Å². The van der Waals surface area contributed by atoms with Gasteiger partial charge in [0.2, 0.25) is 5.91 Å². The van der Waals surface area contributed by atoms with E-state index in [1.54, 1.807) is 41.3 Å². The maximum Gasteiger partial charge on any atom is 0.264 e. The third-order valence-corrected chi connectivity index (χ3v) is 7.99. The molecule has 196 valence electrons. The summed E-state index contributed by atoms with van der Waals surface area (Å²) < 4.78 is 56.4. The van der Waals surface area contributed by atoms with Gasteiger partial charge in [-0.15, -0.1) is 0 Å². The molecule has 0 saturated carbocycles. The zero-order valence-electron chi connectivity index (χ0n) is 20.5. The van der Waals surface area contributed by atoms with Crippen LogP contribution in [-0.4, -0.2) is 55.3 Å². The highest BCUT2D eigenvalue weighted by molar-refractivity contribution is 7.93. The second-order valence-electron chi connectivity index (χ2n) is 9.20. The van der Waals surface area contributed by atoms with E-state index in [0.717, 1.165) is 11.6 Å². The molecule has 1 aliphatic heterocycles. The van der Waals surface area contributed by atoms with Crippen molar-refractivity contribution in [1.29, 1.82) is 0 Å². The zero-order valence-corrected chi connectivity index (χ0v) is 21.3. The number of carbonyl (C=O) groups is 1. The van der Waals surface area contributed by atoms with Crippen molar-refractivity contribution in [2.24, 2.45) is 0 Å². The van der Waals surface area contributed by atoms with Crippen LogP contribution in [0.15, 0.2) is 83.9 Å². The summed E-state index contributed by atoms with van der Waals surface area (Å²) in [6, 6.07) is 18.6. The molecule has 38 heavy (non-hydrogen) atoms. The average molecular weight is 537 g/mol. The highest BCUT2D eigenvalue weighted by Crippen LogP contribution is 2.24. The number of fused-ring (bicyclic) bond motifs is 1. The first-order chi connectivity index (χ1) is 18.3. The highest BCUT2D eigenvalue weighted by atomic mass is 32.2. The van der Waals surface area contributed by atoms with E-state index in [0.29, 0.717) is 43.6 Å². The number of amides is 1. The van der Waals surface area contributed by atoms with Crippen LogP contribution in [0.3, 0.4) is 0 Å². The topological polar surface area (TPSA) is 82.6 Å². The van der Waals surface area contributed by atoms with Crippen molar-refractivity contribution in [3.05, 3.63) is 102 Å². The van der Waals surface area contributed by atoms with Gasteiger partial charge in [-0.05, 0) is 47.5 Å². The lowest BCUT2D eigenvalue weighted by molar-refractivity contribution is -0.132. The Morgan fingerprint density at radius 2 is 1.66 bits per heavy atom. The quantitative estimate of drug-likeness (QED) is 0.383. The first kappa shape index (κ1) is 25.7. The maximum atomic E-state index is 14.9. The van der Waals surface area contributed by atoms with Gasteiger partial charge in [0.25, 0.3) is 10.0 Å². The molecule has 1 saturated heterocycles. The van der Waals surface area contributed by atoms with E-state index in [1.807, 2.05) is 0 Å². The number of para-hydroxylation sites is 1. The van der Waals surface area contributed by atoms with Crippen LogP contribution in [0.1, 0.15) is 11.1 Å². The summed E-state index contributed by atoms with van der Waals surface area (Å²) in [6.45, 7) is 3.02. The molecule has 10 heteroatoms. The van der Waals surface area contributed by atoms with E-state index in [1.165, 1.54) is 36.5 Å². The number of hydrogen-bond donors (Lipinski definition) is 1. The Balaban J connectivity index is 1.20. The summed E-state index contributed by atoms with van der Waals surface area (Å²) in [5.41, 5.74) is 1.57. The number of benzene rings is 3. The number of anilines is 1. The van der Waals surface area contributed by atoms with Crippen LogP contribution in [0, 0.1) is 11.6 Å². The summed E-state index contributed by atoms with van der Waals surface area (Å²) in [4.78, 5) is 20.9. The Hall–Kier alpha value is -3.89. The van der Waals surface area contributed by atoms with Gasteiger partial charge in [0.15, 0.2) is 0 Å². The molecule has 1 fully saturated rings.